The molecule has 0 spiro atoms. The van der Waals surface area contributed by atoms with Crippen LogP contribution in [-0.4, -0.2) is 28.1 Å². The fourth-order valence-electron chi connectivity index (χ4n) is 1.68. The highest BCUT2D eigenvalue weighted by atomic mass is 16.2. The van der Waals surface area contributed by atoms with E-state index in [0.29, 0.717) is 5.69 Å². The van der Waals surface area contributed by atoms with E-state index in [2.05, 4.69) is 20.8 Å². The summed E-state index contributed by atoms with van der Waals surface area (Å²) < 4.78 is 0. The minimum atomic E-state index is -0.638. The van der Waals surface area contributed by atoms with Crippen LogP contribution in [0.3, 0.4) is 0 Å². The summed E-state index contributed by atoms with van der Waals surface area (Å²) in [7, 11) is 0. The third-order valence-corrected chi connectivity index (χ3v) is 2.82. The lowest BCUT2D eigenvalue weighted by atomic mass is 10.2. The van der Waals surface area contributed by atoms with Crippen molar-refractivity contribution in [2.24, 2.45) is 0 Å². The first-order valence-corrected chi connectivity index (χ1v) is 5.77. The van der Waals surface area contributed by atoms with E-state index in [1.165, 1.54) is 0 Å². The number of amides is 2. The average Bonchev–Trinajstić information content (AvgIpc) is 3.05. The highest BCUT2D eigenvalue weighted by molar-refractivity contribution is 6.39. The fourth-order valence-corrected chi connectivity index (χ4v) is 1.68. The number of fused-ring (bicyclic) bond motifs is 1. The van der Waals surface area contributed by atoms with Crippen LogP contribution in [-0.2, 0) is 9.59 Å². The van der Waals surface area contributed by atoms with Gasteiger partial charge in [-0.3, -0.25) is 14.7 Å². The second kappa shape index (κ2) is 4.14. The fraction of sp³-hybridized carbons (Fsp3) is 0.250. The van der Waals surface area contributed by atoms with E-state index >= 15 is 0 Å². The van der Waals surface area contributed by atoms with Crippen LogP contribution >= 0.6 is 0 Å². The van der Waals surface area contributed by atoms with Crippen LogP contribution in [0, 0.1) is 0 Å². The number of nitrogens with one attached hydrogen (secondary N) is 3. The zero-order valence-corrected chi connectivity index (χ0v) is 9.56. The molecule has 6 heteroatoms. The summed E-state index contributed by atoms with van der Waals surface area (Å²) in [5.41, 5.74) is 1.39. The maximum atomic E-state index is 11.6. The van der Waals surface area contributed by atoms with Crippen LogP contribution in [0.1, 0.15) is 12.8 Å². The van der Waals surface area contributed by atoms with Gasteiger partial charge in [-0.1, -0.05) is 0 Å². The lowest BCUT2D eigenvalue weighted by Gasteiger charge is -2.05. The molecule has 92 valence electrons. The van der Waals surface area contributed by atoms with Crippen molar-refractivity contribution in [3.63, 3.8) is 0 Å². The molecule has 1 aliphatic rings. The SMILES string of the molecule is O=C(Nc1ccc2cn[nH]c2c1)C(=O)NC1CC1. The van der Waals surface area contributed by atoms with Crippen molar-refractivity contribution < 1.29 is 9.59 Å². The highest BCUT2D eigenvalue weighted by Crippen LogP contribution is 2.19. The van der Waals surface area contributed by atoms with Gasteiger partial charge in [0.1, 0.15) is 0 Å². The number of carbonyl (C=O) groups excluding carboxylic acids is 2. The van der Waals surface area contributed by atoms with Gasteiger partial charge in [0.2, 0.25) is 0 Å². The van der Waals surface area contributed by atoms with Gasteiger partial charge in [0.05, 0.1) is 11.7 Å². The van der Waals surface area contributed by atoms with Crippen molar-refractivity contribution in [1.82, 2.24) is 15.5 Å². The first-order chi connectivity index (χ1) is 8.72. The molecular weight excluding hydrogens is 232 g/mol. The third-order valence-electron chi connectivity index (χ3n) is 2.82. The summed E-state index contributed by atoms with van der Waals surface area (Å²) in [6, 6.07) is 5.48. The number of hydrogen-bond acceptors (Lipinski definition) is 3. The number of aromatic nitrogens is 2. The summed E-state index contributed by atoms with van der Waals surface area (Å²) in [5.74, 6) is -1.22. The zero-order chi connectivity index (χ0) is 12.5. The van der Waals surface area contributed by atoms with Crippen molar-refractivity contribution in [3.8, 4) is 0 Å². The molecule has 1 heterocycles. The first-order valence-electron chi connectivity index (χ1n) is 5.77. The molecular formula is C12H12N4O2. The van der Waals surface area contributed by atoms with Crippen molar-refractivity contribution >= 4 is 28.4 Å². The Bertz CT molecular complexity index is 615. The zero-order valence-electron chi connectivity index (χ0n) is 9.56. The summed E-state index contributed by atoms with van der Waals surface area (Å²) in [4.78, 5) is 23.1. The topological polar surface area (TPSA) is 86.9 Å². The van der Waals surface area contributed by atoms with Crippen molar-refractivity contribution in [1.29, 1.82) is 0 Å². The van der Waals surface area contributed by atoms with Crippen LogP contribution in [0.4, 0.5) is 5.69 Å². The molecule has 3 N–H and O–H groups in total. The normalized spacial score (nSPS) is 14.4. The Morgan fingerprint density at radius 3 is 2.89 bits per heavy atom. The van der Waals surface area contributed by atoms with E-state index in [9.17, 15) is 9.59 Å². The lowest BCUT2D eigenvalue weighted by Crippen LogP contribution is -2.36. The molecule has 2 amide bonds. The second-order valence-electron chi connectivity index (χ2n) is 4.37. The molecule has 1 fully saturated rings. The summed E-state index contributed by atoms with van der Waals surface area (Å²) in [6.45, 7) is 0. The Morgan fingerprint density at radius 2 is 2.11 bits per heavy atom. The lowest BCUT2D eigenvalue weighted by molar-refractivity contribution is -0.136. The predicted octanol–water partition coefficient (Wildman–Crippen LogP) is 0.780. The quantitative estimate of drug-likeness (QED) is 0.682. The van der Waals surface area contributed by atoms with Gasteiger partial charge < -0.3 is 10.6 Å². The minimum absolute atomic E-state index is 0.179. The molecule has 1 aliphatic carbocycles. The summed E-state index contributed by atoms with van der Waals surface area (Å²) in [6.07, 6.45) is 3.61. The largest absolute Gasteiger partial charge is 0.345 e. The Kier molecular flexibility index (Phi) is 2.47. The van der Waals surface area contributed by atoms with E-state index in [-0.39, 0.29) is 6.04 Å². The van der Waals surface area contributed by atoms with Crippen molar-refractivity contribution in [2.75, 3.05) is 5.32 Å². The molecule has 0 radical (unpaired) electrons. The molecule has 1 aromatic carbocycles. The minimum Gasteiger partial charge on any atom is -0.345 e. The summed E-state index contributed by atoms with van der Waals surface area (Å²) in [5, 5.41) is 12.8. The third kappa shape index (κ3) is 2.17. The van der Waals surface area contributed by atoms with Crippen molar-refractivity contribution in [3.05, 3.63) is 24.4 Å². The average molecular weight is 244 g/mol. The summed E-state index contributed by atoms with van der Waals surface area (Å²) >= 11 is 0. The Labute approximate surface area is 103 Å². The number of aromatic amines is 1. The van der Waals surface area contributed by atoms with E-state index in [1.54, 1.807) is 18.3 Å². The number of hydrogen-bond donors (Lipinski definition) is 3. The van der Waals surface area contributed by atoms with Crippen LogP contribution in [0.15, 0.2) is 24.4 Å². The van der Waals surface area contributed by atoms with Gasteiger partial charge in [-0.05, 0) is 31.0 Å². The number of H-pyrrole nitrogens is 1. The molecule has 0 saturated heterocycles. The van der Waals surface area contributed by atoms with E-state index in [1.807, 2.05) is 6.07 Å². The van der Waals surface area contributed by atoms with Crippen LogP contribution in [0.25, 0.3) is 10.9 Å². The maximum Gasteiger partial charge on any atom is 0.313 e. The monoisotopic (exact) mass is 244 g/mol. The van der Waals surface area contributed by atoms with Gasteiger partial charge in [-0.15, -0.1) is 0 Å². The van der Waals surface area contributed by atoms with Gasteiger partial charge in [-0.2, -0.15) is 5.10 Å². The smallest absolute Gasteiger partial charge is 0.313 e. The highest BCUT2D eigenvalue weighted by Gasteiger charge is 2.26. The van der Waals surface area contributed by atoms with E-state index in [0.717, 1.165) is 23.7 Å². The Balaban J connectivity index is 1.70. The van der Waals surface area contributed by atoms with Crippen LogP contribution < -0.4 is 10.6 Å². The molecule has 1 aromatic heterocycles. The number of carbonyl (C=O) groups is 2. The predicted molar refractivity (Wildman–Crippen MR) is 65.9 cm³/mol. The number of nitrogens with zero attached hydrogens (tertiary/aromatic N) is 1. The van der Waals surface area contributed by atoms with Gasteiger partial charge in [0, 0.05) is 17.1 Å². The molecule has 0 atom stereocenters. The molecule has 3 rings (SSSR count). The van der Waals surface area contributed by atoms with E-state index in [4.69, 9.17) is 0 Å². The van der Waals surface area contributed by atoms with Gasteiger partial charge >= 0.3 is 11.8 Å². The maximum absolute atomic E-state index is 11.6. The second-order valence-corrected chi connectivity index (χ2v) is 4.37. The molecule has 2 aromatic rings. The van der Waals surface area contributed by atoms with E-state index < -0.39 is 11.8 Å². The van der Waals surface area contributed by atoms with Crippen LogP contribution in [0.5, 0.6) is 0 Å². The van der Waals surface area contributed by atoms with Gasteiger partial charge in [0.25, 0.3) is 0 Å². The number of rotatable bonds is 2. The molecule has 6 nitrogen and oxygen atoms in total. The van der Waals surface area contributed by atoms with Gasteiger partial charge in [0.15, 0.2) is 0 Å². The molecule has 0 aliphatic heterocycles. The number of benzene rings is 1. The Hall–Kier alpha value is -2.37. The molecule has 1 saturated carbocycles. The standard InChI is InChI=1S/C12H12N4O2/c17-11(14-8-3-4-8)12(18)15-9-2-1-7-6-13-16-10(7)5-9/h1-2,5-6,8H,3-4H2,(H,13,16)(H,14,17)(H,15,18). The Morgan fingerprint density at radius 1 is 1.28 bits per heavy atom. The van der Waals surface area contributed by atoms with Gasteiger partial charge in [-0.25, -0.2) is 0 Å². The molecule has 18 heavy (non-hydrogen) atoms. The number of anilines is 1. The first kappa shape index (κ1) is 10.8. The molecule has 0 bridgehead atoms. The van der Waals surface area contributed by atoms with Crippen molar-refractivity contribution in [2.45, 2.75) is 18.9 Å². The van der Waals surface area contributed by atoms with Crippen LogP contribution in [0.2, 0.25) is 0 Å². The molecule has 0 unspecified atom stereocenters.